The topological polar surface area (TPSA) is 101 Å². The Labute approximate surface area is 74.0 Å². The molecule has 1 amide bonds. The van der Waals surface area contributed by atoms with Crippen LogP contribution in [0.3, 0.4) is 0 Å². The maximum atomic E-state index is 10.9. The van der Waals surface area contributed by atoms with Gasteiger partial charge in [0.1, 0.15) is 0 Å². The number of hydrogen-bond donors (Lipinski definition) is 3. The Hall–Kier alpha value is -1.95. The zero-order valence-electron chi connectivity index (χ0n) is 6.64. The number of nitrogens with one attached hydrogen (secondary N) is 1. The number of carbonyl (C=O) groups excluding carboxylic acids is 1. The Balaban J connectivity index is 2.87. The normalized spacial score (nSPS) is 10.2. The maximum absolute atomic E-state index is 10.9. The van der Waals surface area contributed by atoms with Gasteiger partial charge < -0.3 is 5.21 Å². The van der Waals surface area contributed by atoms with Crippen molar-refractivity contribution in [2.45, 2.75) is 0 Å². The van der Waals surface area contributed by atoms with E-state index in [1.807, 2.05) is 5.43 Å². The molecule has 0 saturated heterocycles. The van der Waals surface area contributed by atoms with Crippen molar-refractivity contribution in [3.8, 4) is 0 Å². The van der Waals surface area contributed by atoms with Crippen LogP contribution in [0.15, 0.2) is 23.5 Å². The molecule has 1 heterocycles. The molecule has 0 spiro atoms. The van der Waals surface area contributed by atoms with E-state index in [-0.39, 0.29) is 0 Å². The molecule has 4 N–H and O–H groups in total. The zero-order valence-corrected chi connectivity index (χ0v) is 6.64. The van der Waals surface area contributed by atoms with Crippen LogP contribution in [0.4, 0.5) is 0 Å². The molecular formula is C7H8N4O2. The third-order valence-electron chi connectivity index (χ3n) is 1.37. The highest BCUT2D eigenvalue weighted by Gasteiger charge is 2.02. The monoisotopic (exact) mass is 180 g/mol. The lowest BCUT2D eigenvalue weighted by Crippen LogP contribution is -2.30. The number of nitrogen functional groups attached to an aromatic ring is 1. The van der Waals surface area contributed by atoms with Gasteiger partial charge in [-0.25, -0.2) is 5.84 Å². The summed E-state index contributed by atoms with van der Waals surface area (Å²) < 4.78 is 0. The van der Waals surface area contributed by atoms with Crippen LogP contribution in [0.2, 0.25) is 0 Å². The predicted octanol–water partition coefficient (Wildman–Crippen LogP) is -0.507. The molecule has 0 bridgehead atoms. The second-order valence-corrected chi connectivity index (χ2v) is 2.19. The lowest BCUT2D eigenvalue weighted by Gasteiger charge is -1.97. The highest BCUT2D eigenvalue weighted by atomic mass is 16.4. The number of pyridine rings is 1. The number of rotatable bonds is 2. The Morgan fingerprint density at radius 1 is 1.69 bits per heavy atom. The first-order chi connectivity index (χ1) is 6.27. The quantitative estimate of drug-likeness (QED) is 0.187. The first-order valence-corrected chi connectivity index (χ1v) is 3.42. The zero-order chi connectivity index (χ0) is 9.68. The molecule has 0 fully saturated rings. The van der Waals surface area contributed by atoms with Gasteiger partial charge in [0.25, 0.3) is 5.91 Å². The second-order valence-electron chi connectivity index (χ2n) is 2.19. The molecule has 0 saturated carbocycles. The van der Waals surface area contributed by atoms with Crippen LogP contribution in [-0.4, -0.2) is 22.3 Å². The lowest BCUT2D eigenvalue weighted by atomic mass is 10.2. The summed E-state index contributed by atoms with van der Waals surface area (Å²) in [5.74, 6) is 4.49. The first kappa shape index (κ1) is 9.14. The van der Waals surface area contributed by atoms with Crippen LogP contribution < -0.4 is 11.3 Å². The van der Waals surface area contributed by atoms with Gasteiger partial charge in [0.05, 0.1) is 17.5 Å². The number of aromatic nitrogens is 1. The molecule has 0 aliphatic carbocycles. The summed E-state index contributed by atoms with van der Waals surface area (Å²) >= 11 is 0. The van der Waals surface area contributed by atoms with Crippen molar-refractivity contribution in [3.63, 3.8) is 0 Å². The van der Waals surface area contributed by atoms with Crippen molar-refractivity contribution in [2.75, 3.05) is 0 Å². The average molecular weight is 180 g/mol. The van der Waals surface area contributed by atoms with Gasteiger partial charge in [-0.1, -0.05) is 5.16 Å². The fourth-order valence-corrected chi connectivity index (χ4v) is 0.758. The van der Waals surface area contributed by atoms with E-state index in [4.69, 9.17) is 11.0 Å². The van der Waals surface area contributed by atoms with E-state index in [1.165, 1.54) is 18.3 Å². The third-order valence-corrected chi connectivity index (χ3v) is 1.37. The number of carbonyl (C=O) groups is 1. The van der Waals surface area contributed by atoms with Crippen molar-refractivity contribution in [2.24, 2.45) is 11.0 Å². The Morgan fingerprint density at radius 2 is 2.46 bits per heavy atom. The molecule has 0 aliphatic heterocycles. The van der Waals surface area contributed by atoms with Crippen LogP contribution in [0.1, 0.15) is 16.1 Å². The Morgan fingerprint density at radius 3 is 2.92 bits per heavy atom. The smallest absolute Gasteiger partial charge is 0.266 e. The summed E-state index contributed by atoms with van der Waals surface area (Å²) in [4.78, 5) is 14.7. The van der Waals surface area contributed by atoms with E-state index in [0.717, 1.165) is 6.21 Å². The molecule has 0 atom stereocenters. The molecule has 0 aromatic carbocycles. The number of nitrogens with two attached hydrogens (primary N) is 1. The standard InChI is InChI=1S/C7H8N4O2/c8-11-7(12)5-1-2-6(4-10-13)9-3-5/h1-4,13H,8H2,(H,11,12). The van der Waals surface area contributed by atoms with Crippen LogP contribution in [0, 0.1) is 0 Å². The highest BCUT2D eigenvalue weighted by Crippen LogP contribution is 1.97. The molecule has 1 aromatic rings. The molecule has 6 heteroatoms. The van der Waals surface area contributed by atoms with Gasteiger partial charge >= 0.3 is 0 Å². The maximum Gasteiger partial charge on any atom is 0.266 e. The van der Waals surface area contributed by atoms with Crippen molar-refractivity contribution in [1.29, 1.82) is 0 Å². The van der Waals surface area contributed by atoms with E-state index in [1.54, 1.807) is 0 Å². The van der Waals surface area contributed by atoms with E-state index in [0.29, 0.717) is 11.3 Å². The van der Waals surface area contributed by atoms with Crippen LogP contribution in [0.25, 0.3) is 0 Å². The second kappa shape index (κ2) is 4.17. The van der Waals surface area contributed by atoms with Gasteiger partial charge in [-0.15, -0.1) is 0 Å². The molecule has 0 unspecified atom stereocenters. The summed E-state index contributed by atoms with van der Waals surface area (Å²) in [6.07, 6.45) is 2.49. The summed E-state index contributed by atoms with van der Waals surface area (Å²) in [7, 11) is 0. The van der Waals surface area contributed by atoms with Gasteiger partial charge in [0.15, 0.2) is 0 Å². The largest absolute Gasteiger partial charge is 0.411 e. The molecule has 68 valence electrons. The van der Waals surface area contributed by atoms with Gasteiger partial charge in [-0.2, -0.15) is 0 Å². The summed E-state index contributed by atoms with van der Waals surface area (Å²) in [5, 5.41) is 11.0. The number of nitrogens with zero attached hydrogens (tertiary/aromatic N) is 2. The molecule has 1 rings (SSSR count). The van der Waals surface area contributed by atoms with Gasteiger partial charge in [0.2, 0.25) is 0 Å². The fourth-order valence-electron chi connectivity index (χ4n) is 0.758. The SMILES string of the molecule is NNC(=O)c1ccc(C=NO)nc1. The van der Waals surface area contributed by atoms with Gasteiger partial charge in [0, 0.05) is 6.20 Å². The summed E-state index contributed by atoms with van der Waals surface area (Å²) in [6.45, 7) is 0. The lowest BCUT2D eigenvalue weighted by molar-refractivity contribution is 0.0953. The number of hydrogen-bond acceptors (Lipinski definition) is 5. The average Bonchev–Trinajstić information content (AvgIpc) is 2.18. The van der Waals surface area contributed by atoms with E-state index >= 15 is 0 Å². The minimum atomic E-state index is -0.417. The van der Waals surface area contributed by atoms with E-state index in [2.05, 4.69) is 10.1 Å². The Kier molecular flexibility index (Phi) is 2.93. The van der Waals surface area contributed by atoms with Crippen molar-refractivity contribution >= 4 is 12.1 Å². The predicted molar refractivity (Wildman–Crippen MR) is 45.3 cm³/mol. The summed E-state index contributed by atoms with van der Waals surface area (Å²) in [6, 6.07) is 3.05. The van der Waals surface area contributed by atoms with Crippen molar-refractivity contribution in [3.05, 3.63) is 29.6 Å². The number of oxime groups is 1. The van der Waals surface area contributed by atoms with E-state index < -0.39 is 5.91 Å². The Bertz CT molecular complexity index is 320. The van der Waals surface area contributed by atoms with Crippen molar-refractivity contribution < 1.29 is 10.0 Å². The molecule has 0 aliphatic rings. The number of hydrazine groups is 1. The molecule has 0 radical (unpaired) electrons. The molecular weight excluding hydrogens is 172 g/mol. The van der Waals surface area contributed by atoms with Crippen molar-refractivity contribution in [1.82, 2.24) is 10.4 Å². The molecule has 6 nitrogen and oxygen atoms in total. The van der Waals surface area contributed by atoms with Gasteiger partial charge in [-0.3, -0.25) is 15.2 Å². The molecule has 13 heavy (non-hydrogen) atoms. The minimum absolute atomic E-state index is 0.345. The third kappa shape index (κ3) is 2.24. The summed E-state index contributed by atoms with van der Waals surface area (Å²) in [5.41, 5.74) is 2.77. The number of amides is 1. The minimum Gasteiger partial charge on any atom is -0.411 e. The van der Waals surface area contributed by atoms with Crippen LogP contribution >= 0.6 is 0 Å². The van der Waals surface area contributed by atoms with Gasteiger partial charge in [-0.05, 0) is 12.1 Å². The van der Waals surface area contributed by atoms with Crippen LogP contribution in [0.5, 0.6) is 0 Å². The molecule has 1 aromatic heterocycles. The first-order valence-electron chi connectivity index (χ1n) is 3.42. The highest BCUT2D eigenvalue weighted by molar-refractivity contribution is 5.93. The van der Waals surface area contributed by atoms with E-state index in [9.17, 15) is 4.79 Å². The fraction of sp³-hybridized carbons (Fsp3) is 0. The van der Waals surface area contributed by atoms with Crippen LogP contribution in [-0.2, 0) is 0 Å².